The van der Waals surface area contributed by atoms with Crippen molar-refractivity contribution >= 4 is 12.1 Å². The molecule has 0 saturated heterocycles. The van der Waals surface area contributed by atoms with Crippen molar-refractivity contribution in [2.75, 3.05) is 7.11 Å². The van der Waals surface area contributed by atoms with Crippen molar-refractivity contribution in [1.82, 2.24) is 15.6 Å². The smallest absolute Gasteiger partial charge is 0.291 e. The number of H-pyrrole nitrogens is 1. The minimum absolute atomic E-state index is 0.224. The molecule has 0 atom stereocenters. The number of furan rings is 1. The summed E-state index contributed by atoms with van der Waals surface area (Å²) in [7, 11) is 1.59. The van der Waals surface area contributed by atoms with Crippen LogP contribution < -0.4 is 10.2 Å². The number of benzene rings is 1. The number of aromatic nitrogens is 2. The molecular weight excluding hydrogens is 308 g/mol. The number of nitrogens with one attached hydrogen (secondary N) is 2. The number of ether oxygens (including phenoxy) is 1. The molecule has 7 nitrogen and oxygen atoms in total. The summed E-state index contributed by atoms with van der Waals surface area (Å²) in [6.45, 7) is 1.85. The first-order chi connectivity index (χ1) is 11.7. The van der Waals surface area contributed by atoms with E-state index in [9.17, 15) is 4.79 Å². The van der Waals surface area contributed by atoms with E-state index < -0.39 is 5.91 Å². The van der Waals surface area contributed by atoms with Crippen LogP contribution in [0.5, 0.6) is 5.75 Å². The van der Waals surface area contributed by atoms with Gasteiger partial charge in [0.25, 0.3) is 5.91 Å². The summed E-state index contributed by atoms with van der Waals surface area (Å²) in [5.74, 6) is 1.71. The molecule has 0 aliphatic carbocycles. The number of amides is 1. The third kappa shape index (κ3) is 3.52. The molecule has 0 fully saturated rings. The lowest BCUT2D eigenvalue weighted by atomic mass is 10.2. The van der Waals surface area contributed by atoms with Crippen LogP contribution >= 0.6 is 0 Å². The van der Waals surface area contributed by atoms with Gasteiger partial charge in [0.15, 0.2) is 11.5 Å². The summed E-state index contributed by atoms with van der Waals surface area (Å²) >= 11 is 0. The van der Waals surface area contributed by atoms with E-state index in [4.69, 9.17) is 9.15 Å². The van der Waals surface area contributed by atoms with E-state index >= 15 is 0 Å². The van der Waals surface area contributed by atoms with Gasteiger partial charge in [-0.15, -0.1) is 0 Å². The van der Waals surface area contributed by atoms with Gasteiger partial charge in [-0.3, -0.25) is 9.89 Å². The fourth-order valence-electron chi connectivity index (χ4n) is 2.09. The van der Waals surface area contributed by atoms with E-state index in [-0.39, 0.29) is 5.69 Å². The number of carbonyl (C=O) groups excluding carboxylic acids is 1. The van der Waals surface area contributed by atoms with Crippen LogP contribution in [-0.2, 0) is 0 Å². The van der Waals surface area contributed by atoms with Gasteiger partial charge < -0.3 is 9.15 Å². The van der Waals surface area contributed by atoms with Crippen LogP contribution in [0.2, 0.25) is 0 Å². The third-order valence-electron chi connectivity index (χ3n) is 3.29. The number of hydrazone groups is 1. The highest BCUT2D eigenvalue weighted by molar-refractivity contribution is 5.94. The molecule has 122 valence electrons. The number of carbonyl (C=O) groups is 1. The maximum Gasteiger partial charge on any atom is 0.291 e. The minimum atomic E-state index is -0.417. The largest absolute Gasteiger partial charge is 0.497 e. The Hall–Kier alpha value is -3.35. The van der Waals surface area contributed by atoms with Gasteiger partial charge in [0.1, 0.15) is 17.2 Å². The number of methoxy groups -OCH3 is 1. The fraction of sp³-hybridized carbons (Fsp3) is 0.118. The van der Waals surface area contributed by atoms with Crippen LogP contribution in [0.4, 0.5) is 0 Å². The van der Waals surface area contributed by atoms with Gasteiger partial charge in [-0.1, -0.05) is 12.1 Å². The van der Waals surface area contributed by atoms with Crippen molar-refractivity contribution in [3.05, 3.63) is 59.5 Å². The summed E-state index contributed by atoms with van der Waals surface area (Å²) in [4.78, 5) is 12.0. The molecule has 7 heteroatoms. The number of rotatable bonds is 5. The molecule has 0 aliphatic heterocycles. The Morgan fingerprint density at radius 3 is 2.96 bits per heavy atom. The first kappa shape index (κ1) is 15.5. The van der Waals surface area contributed by atoms with Gasteiger partial charge in [-0.2, -0.15) is 10.2 Å². The Bertz CT molecular complexity index is 879. The van der Waals surface area contributed by atoms with E-state index in [1.54, 1.807) is 13.2 Å². The summed E-state index contributed by atoms with van der Waals surface area (Å²) in [5.41, 5.74) is 4.09. The molecule has 1 aromatic carbocycles. The summed E-state index contributed by atoms with van der Waals surface area (Å²) in [5, 5.41) is 10.7. The fourth-order valence-corrected chi connectivity index (χ4v) is 2.09. The van der Waals surface area contributed by atoms with Gasteiger partial charge in [-0.25, -0.2) is 5.43 Å². The molecule has 3 rings (SSSR count). The molecule has 1 amide bonds. The van der Waals surface area contributed by atoms with Gasteiger partial charge in [-0.05, 0) is 36.8 Å². The van der Waals surface area contributed by atoms with Crippen LogP contribution in [0.15, 0.2) is 52.0 Å². The molecule has 0 unspecified atom stereocenters. The topological polar surface area (TPSA) is 92.5 Å². The van der Waals surface area contributed by atoms with E-state index in [0.29, 0.717) is 11.5 Å². The number of hydrogen-bond donors (Lipinski definition) is 2. The van der Waals surface area contributed by atoms with Crippen molar-refractivity contribution in [1.29, 1.82) is 0 Å². The van der Waals surface area contributed by atoms with Gasteiger partial charge in [0.05, 0.1) is 13.3 Å². The van der Waals surface area contributed by atoms with Crippen LogP contribution in [0.1, 0.15) is 21.8 Å². The van der Waals surface area contributed by atoms with E-state index in [1.807, 2.05) is 43.3 Å². The van der Waals surface area contributed by atoms with Crippen molar-refractivity contribution in [2.45, 2.75) is 6.92 Å². The molecular formula is C17H16N4O3. The van der Waals surface area contributed by atoms with Crippen molar-refractivity contribution in [3.63, 3.8) is 0 Å². The second-order valence-corrected chi connectivity index (χ2v) is 5.05. The third-order valence-corrected chi connectivity index (χ3v) is 3.29. The van der Waals surface area contributed by atoms with Crippen molar-refractivity contribution in [2.24, 2.45) is 5.10 Å². The van der Waals surface area contributed by atoms with E-state index in [0.717, 1.165) is 17.1 Å². The molecule has 2 N–H and O–H groups in total. The second kappa shape index (κ2) is 6.82. The van der Waals surface area contributed by atoms with Crippen LogP contribution in [0, 0.1) is 6.92 Å². The quantitative estimate of drug-likeness (QED) is 0.557. The molecule has 2 heterocycles. The Balaban J connectivity index is 1.65. The average Bonchev–Trinajstić information content (AvgIpc) is 3.24. The zero-order valence-electron chi connectivity index (χ0n) is 13.2. The van der Waals surface area contributed by atoms with Crippen LogP contribution in [0.3, 0.4) is 0 Å². The minimum Gasteiger partial charge on any atom is -0.497 e. The number of nitrogens with zero attached hydrogens (tertiary/aromatic N) is 2. The van der Waals surface area contributed by atoms with Crippen molar-refractivity contribution in [3.8, 4) is 17.2 Å². The van der Waals surface area contributed by atoms with Gasteiger partial charge in [0, 0.05) is 6.07 Å². The lowest BCUT2D eigenvalue weighted by molar-refractivity contribution is 0.0950. The standard InChI is InChI=1S/C17H16N4O3/c1-11-6-7-16(24-11)14-9-15(20-19-14)17(22)21-18-10-12-4-3-5-13(8-12)23-2/h3-10H,1-2H3,(H,19,20)(H,21,22). The number of hydrogen-bond acceptors (Lipinski definition) is 5. The monoisotopic (exact) mass is 324 g/mol. The molecule has 24 heavy (non-hydrogen) atoms. The first-order valence-electron chi connectivity index (χ1n) is 7.25. The normalized spacial score (nSPS) is 10.9. The second-order valence-electron chi connectivity index (χ2n) is 5.05. The van der Waals surface area contributed by atoms with Gasteiger partial charge in [0.2, 0.25) is 0 Å². The van der Waals surface area contributed by atoms with E-state index in [1.165, 1.54) is 6.21 Å². The zero-order chi connectivity index (χ0) is 16.9. The Kier molecular flexibility index (Phi) is 4.42. The molecule has 0 saturated carbocycles. The maximum absolute atomic E-state index is 12.0. The first-order valence-corrected chi connectivity index (χ1v) is 7.25. The number of aromatic amines is 1. The molecule has 2 aromatic heterocycles. The van der Waals surface area contributed by atoms with Crippen LogP contribution in [0.25, 0.3) is 11.5 Å². The lowest BCUT2D eigenvalue weighted by Gasteiger charge is -1.99. The highest BCUT2D eigenvalue weighted by atomic mass is 16.5. The molecule has 0 aliphatic rings. The summed E-state index contributed by atoms with van der Waals surface area (Å²) < 4.78 is 10.6. The van der Waals surface area contributed by atoms with Crippen molar-refractivity contribution < 1.29 is 13.9 Å². The Morgan fingerprint density at radius 1 is 1.33 bits per heavy atom. The van der Waals surface area contributed by atoms with E-state index in [2.05, 4.69) is 20.7 Å². The summed E-state index contributed by atoms with van der Waals surface area (Å²) in [6.07, 6.45) is 1.53. The van der Waals surface area contributed by atoms with Gasteiger partial charge >= 0.3 is 0 Å². The maximum atomic E-state index is 12.0. The lowest BCUT2D eigenvalue weighted by Crippen LogP contribution is -2.18. The highest BCUT2D eigenvalue weighted by Gasteiger charge is 2.12. The number of aryl methyl sites for hydroxylation is 1. The molecule has 0 radical (unpaired) electrons. The Morgan fingerprint density at radius 2 is 2.21 bits per heavy atom. The molecule has 0 bridgehead atoms. The highest BCUT2D eigenvalue weighted by Crippen LogP contribution is 2.20. The SMILES string of the molecule is COc1cccc(C=NNC(=O)c2cc(-c3ccc(C)o3)[nH]n2)c1. The average molecular weight is 324 g/mol. The van der Waals surface area contributed by atoms with Crippen LogP contribution in [-0.4, -0.2) is 29.4 Å². The zero-order valence-corrected chi connectivity index (χ0v) is 13.2. The summed E-state index contributed by atoms with van der Waals surface area (Å²) in [6, 6.07) is 12.6. The predicted octanol–water partition coefficient (Wildman–Crippen LogP) is 2.75. The molecule has 0 spiro atoms. The predicted molar refractivity (Wildman–Crippen MR) is 89.1 cm³/mol. The molecule has 3 aromatic rings. The Labute approximate surface area is 138 Å².